The zero-order valence-electron chi connectivity index (χ0n) is 22.7. The lowest BCUT2D eigenvalue weighted by molar-refractivity contribution is 0.275. The van der Waals surface area contributed by atoms with Gasteiger partial charge in [-0.1, -0.05) is 17.7 Å². The van der Waals surface area contributed by atoms with E-state index in [1.807, 2.05) is 32.9 Å². The predicted octanol–water partition coefficient (Wildman–Crippen LogP) is 5.65. The lowest BCUT2D eigenvalue weighted by Crippen LogP contribution is -2.31. The van der Waals surface area contributed by atoms with Crippen molar-refractivity contribution < 1.29 is 18.5 Å². The van der Waals surface area contributed by atoms with Crippen molar-refractivity contribution in [1.82, 2.24) is 4.98 Å². The molecule has 6 rings (SSSR count). The van der Waals surface area contributed by atoms with Crippen LogP contribution in [0.4, 0.5) is 16.0 Å². The Bertz CT molecular complexity index is 1690. The molecule has 1 saturated heterocycles. The number of aromatic nitrogens is 1. The number of hydrogen-bond acceptors (Lipinski definition) is 7. The first-order chi connectivity index (χ1) is 19.2. The molecule has 1 fully saturated rings. The van der Waals surface area contributed by atoms with E-state index in [2.05, 4.69) is 15.2 Å². The number of nitrogens with zero attached hydrogens (tertiary/aromatic N) is 2. The topological polar surface area (TPSA) is 87.8 Å². The standard InChI is InChI=1S/C30H30BClFN3O4/c1-16-11-21(29-22(12-16)28(37)17(2)30(40-29)36-9-5-4-6-10-36)18(3)34-24-7-8-25(32)35-27(24)19-13-20-15-39-31(38)26(20)23(33)14-19/h7-8,11-14,18,34,38H,4-6,9-10,15H2,1-3H3/t18-/m0/s1. The number of nitrogens with one attached hydrogen (secondary N) is 1. The van der Waals surface area contributed by atoms with Crippen LogP contribution >= 0.6 is 11.6 Å². The summed E-state index contributed by atoms with van der Waals surface area (Å²) in [7, 11) is -1.28. The smallest absolute Gasteiger partial charge is 0.440 e. The van der Waals surface area contributed by atoms with Crippen LogP contribution in [0.5, 0.6) is 0 Å². The summed E-state index contributed by atoms with van der Waals surface area (Å²) in [6.07, 6.45) is 3.32. The number of fused-ring (bicyclic) bond motifs is 2. The molecule has 2 aliphatic rings. The second-order valence-corrected chi connectivity index (χ2v) is 11.1. The monoisotopic (exact) mass is 561 g/mol. The van der Waals surface area contributed by atoms with Gasteiger partial charge in [0.1, 0.15) is 16.6 Å². The van der Waals surface area contributed by atoms with Gasteiger partial charge in [0.15, 0.2) is 5.43 Å². The summed E-state index contributed by atoms with van der Waals surface area (Å²) >= 11 is 6.27. The third-order valence-corrected chi connectivity index (χ3v) is 8.05. The molecule has 0 bridgehead atoms. The van der Waals surface area contributed by atoms with Crippen LogP contribution in [0.1, 0.15) is 54.5 Å². The molecule has 2 aromatic heterocycles. The first kappa shape index (κ1) is 26.8. The van der Waals surface area contributed by atoms with E-state index >= 15 is 0 Å². The van der Waals surface area contributed by atoms with Crippen molar-refractivity contribution in [3.05, 3.63) is 79.8 Å². The number of piperidine rings is 1. The molecular formula is C30H30BClFN3O4. The molecule has 4 aromatic rings. The molecule has 0 saturated carbocycles. The summed E-state index contributed by atoms with van der Waals surface area (Å²) in [4.78, 5) is 20.2. The summed E-state index contributed by atoms with van der Waals surface area (Å²) in [5.74, 6) is 0.0757. The second kappa shape index (κ2) is 10.5. The number of benzene rings is 2. The summed E-state index contributed by atoms with van der Waals surface area (Å²) in [5, 5.41) is 14.3. The highest BCUT2D eigenvalue weighted by molar-refractivity contribution is 6.61. The third-order valence-electron chi connectivity index (χ3n) is 7.84. The van der Waals surface area contributed by atoms with Gasteiger partial charge in [0, 0.05) is 29.7 Å². The Morgan fingerprint density at radius 2 is 1.93 bits per heavy atom. The van der Waals surface area contributed by atoms with E-state index in [0.29, 0.717) is 44.9 Å². The van der Waals surface area contributed by atoms with Gasteiger partial charge >= 0.3 is 7.12 Å². The van der Waals surface area contributed by atoms with Crippen LogP contribution in [0, 0.1) is 19.7 Å². The highest BCUT2D eigenvalue weighted by Gasteiger charge is 2.32. The highest BCUT2D eigenvalue weighted by Crippen LogP contribution is 2.35. The summed E-state index contributed by atoms with van der Waals surface area (Å²) < 4.78 is 26.7. The Labute approximate surface area is 237 Å². The Kier molecular flexibility index (Phi) is 7.06. The second-order valence-electron chi connectivity index (χ2n) is 10.7. The largest absolute Gasteiger partial charge is 0.494 e. The van der Waals surface area contributed by atoms with E-state index < -0.39 is 12.9 Å². The molecule has 2 N–H and O–H groups in total. The van der Waals surface area contributed by atoms with Crippen LogP contribution in [0.25, 0.3) is 22.2 Å². The maximum atomic E-state index is 15.0. The van der Waals surface area contributed by atoms with Crippen molar-refractivity contribution >= 4 is 46.7 Å². The molecular weight excluding hydrogens is 532 g/mol. The molecule has 4 heterocycles. The predicted molar refractivity (Wildman–Crippen MR) is 157 cm³/mol. The lowest BCUT2D eigenvalue weighted by atomic mass is 9.78. The average Bonchev–Trinajstić information content (AvgIpc) is 3.32. The number of halogens is 2. The molecule has 10 heteroatoms. The van der Waals surface area contributed by atoms with Gasteiger partial charge < -0.3 is 24.3 Å². The molecule has 0 amide bonds. The van der Waals surface area contributed by atoms with Crippen molar-refractivity contribution in [3.63, 3.8) is 0 Å². The first-order valence-corrected chi connectivity index (χ1v) is 14.0. The first-order valence-electron chi connectivity index (χ1n) is 13.6. The molecule has 2 aliphatic heterocycles. The molecule has 40 heavy (non-hydrogen) atoms. The van der Waals surface area contributed by atoms with E-state index in [9.17, 15) is 14.2 Å². The lowest BCUT2D eigenvalue weighted by Gasteiger charge is -2.29. The van der Waals surface area contributed by atoms with E-state index in [1.54, 1.807) is 18.2 Å². The average molecular weight is 562 g/mol. The minimum atomic E-state index is -1.28. The third kappa shape index (κ3) is 4.76. The van der Waals surface area contributed by atoms with E-state index in [4.69, 9.17) is 20.7 Å². The fourth-order valence-electron chi connectivity index (χ4n) is 5.82. The van der Waals surface area contributed by atoms with Crippen LogP contribution in [0.2, 0.25) is 5.15 Å². The minimum Gasteiger partial charge on any atom is -0.440 e. The van der Waals surface area contributed by atoms with Gasteiger partial charge in [-0.3, -0.25) is 4.79 Å². The summed E-state index contributed by atoms with van der Waals surface area (Å²) in [6.45, 7) is 7.62. The Hall–Kier alpha value is -3.40. The molecule has 0 aliphatic carbocycles. The van der Waals surface area contributed by atoms with Crippen LogP contribution < -0.4 is 21.1 Å². The molecule has 0 radical (unpaired) electrons. The number of aryl methyl sites for hydroxylation is 1. The van der Waals surface area contributed by atoms with Crippen molar-refractivity contribution in [2.24, 2.45) is 0 Å². The van der Waals surface area contributed by atoms with Gasteiger partial charge in [0.05, 0.1) is 35.0 Å². The molecule has 0 spiro atoms. The Balaban J connectivity index is 1.43. The Morgan fingerprint density at radius 1 is 1.15 bits per heavy atom. The number of anilines is 2. The van der Waals surface area contributed by atoms with Crippen molar-refractivity contribution in [1.29, 1.82) is 0 Å². The zero-order valence-corrected chi connectivity index (χ0v) is 23.4. The summed E-state index contributed by atoms with van der Waals surface area (Å²) in [6, 6.07) is 10.2. The van der Waals surface area contributed by atoms with Gasteiger partial charge in [0.25, 0.3) is 0 Å². The van der Waals surface area contributed by atoms with Crippen molar-refractivity contribution in [2.75, 3.05) is 23.3 Å². The number of hydrogen-bond donors (Lipinski definition) is 2. The highest BCUT2D eigenvalue weighted by atomic mass is 35.5. The van der Waals surface area contributed by atoms with E-state index in [0.717, 1.165) is 37.1 Å². The SMILES string of the molecule is Cc1cc([C@H](C)Nc2ccc(Cl)nc2-c2cc(F)c3c(c2)COB3O)c2oc(N3CCCCC3)c(C)c(=O)c2c1. The minimum absolute atomic E-state index is 0.0224. The van der Waals surface area contributed by atoms with Crippen molar-refractivity contribution in [2.45, 2.75) is 52.7 Å². The molecule has 206 valence electrons. The number of pyridine rings is 1. The van der Waals surface area contributed by atoms with Crippen LogP contribution in [0.15, 0.2) is 45.6 Å². The molecule has 0 unspecified atom stereocenters. The maximum Gasteiger partial charge on any atom is 0.494 e. The Morgan fingerprint density at radius 3 is 2.70 bits per heavy atom. The van der Waals surface area contributed by atoms with Crippen LogP contribution in [0.3, 0.4) is 0 Å². The maximum absolute atomic E-state index is 15.0. The quantitative estimate of drug-likeness (QED) is 0.241. The molecule has 7 nitrogen and oxygen atoms in total. The van der Waals surface area contributed by atoms with Gasteiger partial charge in [0.2, 0.25) is 5.88 Å². The van der Waals surface area contributed by atoms with E-state index in [1.165, 1.54) is 12.5 Å². The van der Waals surface area contributed by atoms with Crippen LogP contribution in [-0.4, -0.2) is 30.2 Å². The van der Waals surface area contributed by atoms with Crippen molar-refractivity contribution in [3.8, 4) is 11.3 Å². The molecule has 2 aromatic carbocycles. The zero-order chi connectivity index (χ0) is 28.1. The van der Waals surface area contributed by atoms with Gasteiger partial charge in [-0.25, -0.2) is 9.37 Å². The van der Waals surface area contributed by atoms with Gasteiger partial charge in [-0.2, -0.15) is 0 Å². The van der Waals surface area contributed by atoms with Crippen LogP contribution in [-0.2, 0) is 11.3 Å². The number of rotatable bonds is 5. The normalized spacial score (nSPS) is 15.9. The summed E-state index contributed by atoms with van der Waals surface area (Å²) in [5.41, 5.74) is 5.26. The molecule has 1 atom stereocenters. The van der Waals surface area contributed by atoms with Gasteiger partial charge in [-0.15, -0.1) is 0 Å². The van der Waals surface area contributed by atoms with E-state index in [-0.39, 0.29) is 28.7 Å². The fourth-order valence-corrected chi connectivity index (χ4v) is 5.97. The van der Waals surface area contributed by atoms with Gasteiger partial charge in [-0.05, 0) is 81.5 Å². The fraction of sp³-hybridized carbons (Fsp3) is 0.333.